The van der Waals surface area contributed by atoms with Crippen LogP contribution in [-0.2, 0) is 14.3 Å². The van der Waals surface area contributed by atoms with Crippen LogP contribution in [0.2, 0.25) is 0 Å². The minimum atomic E-state index is -0.550. The number of aryl methyl sites for hydroxylation is 1. The molecule has 0 bridgehead atoms. The van der Waals surface area contributed by atoms with E-state index in [1.165, 1.54) is 11.3 Å². The van der Waals surface area contributed by atoms with Crippen LogP contribution in [-0.4, -0.2) is 37.2 Å². The van der Waals surface area contributed by atoms with Crippen LogP contribution in [0.1, 0.15) is 28.4 Å². The van der Waals surface area contributed by atoms with Crippen molar-refractivity contribution in [2.24, 2.45) is 0 Å². The Morgan fingerprint density at radius 1 is 1.26 bits per heavy atom. The van der Waals surface area contributed by atoms with Crippen LogP contribution in [0.4, 0.5) is 4.79 Å². The van der Waals surface area contributed by atoms with E-state index in [1.807, 2.05) is 13.0 Å². The number of ether oxygens (including phenoxy) is 2. The summed E-state index contributed by atoms with van der Waals surface area (Å²) in [6.07, 6.45) is 0. The van der Waals surface area contributed by atoms with E-state index < -0.39 is 24.0 Å². The number of amides is 2. The lowest BCUT2D eigenvalue weighted by Crippen LogP contribution is -2.50. The monoisotopic (exact) mass is 338 g/mol. The van der Waals surface area contributed by atoms with E-state index in [0.29, 0.717) is 4.88 Å². The van der Waals surface area contributed by atoms with Crippen LogP contribution >= 0.6 is 11.3 Å². The second kappa shape index (κ2) is 7.28. The van der Waals surface area contributed by atoms with E-state index in [1.54, 1.807) is 19.9 Å². The zero-order valence-corrected chi connectivity index (χ0v) is 13.9. The maximum Gasteiger partial charge on any atom is 0.348 e. The molecule has 2 amide bonds. The van der Waals surface area contributed by atoms with Crippen molar-refractivity contribution < 1.29 is 23.9 Å². The summed E-state index contributed by atoms with van der Waals surface area (Å²) in [4.78, 5) is 37.1. The van der Waals surface area contributed by atoms with Crippen molar-refractivity contribution >= 4 is 29.3 Å². The van der Waals surface area contributed by atoms with Crippen LogP contribution in [0.25, 0.3) is 0 Å². The van der Waals surface area contributed by atoms with E-state index in [4.69, 9.17) is 9.47 Å². The molecule has 0 radical (unpaired) electrons. The van der Waals surface area contributed by atoms with E-state index in [9.17, 15) is 14.4 Å². The van der Waals surface area contributed by atoms with Crippen LogP contribution in [0.5, 0.6) is 0 Å². The van der Waals surface area contributed by atoms with Crippen molar-refractivity contribution in [3.63, 3.8) is 0 Å². The van der Waals surface area contributed by atoms with Gasteiger partial charge in [0.05, 0.1) is 23.9 Å². The summed E-state index contributed by atoms with van der Waals surface area (Å²) in [6, 6.07) is 2.51. The number of carbonyl (C=O) groups excluding carboxylic acids is 3. The molecule has 1 atom stereocenters. The molecule has 23 heavy (non-hydrogen) atoms. The molecule has 0 saturated carbocycles. The molecular formula is C15H18N2O5S. The van der Waals surface area contributed by atoms with Gasteiger partial charge in [0, 0.05) is 4.88 Å². The van der Waals surface area contributed by atoms with Gasteiger partial charge in [0.25, 0.3) is 0 Å². The number of carbonyl (C=O) groups is 3. The van der Waals surface area contributed by atoms with E-state index in [2.05, 4.69) is 10.6 Å². The van der Waals surface area contributed by atoms with Gasteiger partial charge in [0.1, 0.15) is 11.5 Å². The van der Waals surface area contributed by atoms with Crippen LogP contribution in [0.15, 0.2) is 23.4 Å². The van der Waals surface area contributed by atoms with Crippen molar-refractivity contribution in [2.75, 3.05) is 13.2 Å². The van der Waals surface area contributed by atoms with Crippen LogP contribution in [0, 0.1) is 6.92 Å². The zero-order valence-electron chi connectivity index (χ0n) is 13.1. The molecular weight excluding hydrogens is 320 g/mol. The third-order valence-electron chi connectivity index (χ3n) is 3.15. The molecule has 0 aliphatic carbocycles. The highest BCUT2D eigenvalue weighted by atomic mass is 32.1. The molecule has 0 saturated heterocycles. The summed E-state index contributed by atoms with van der Waals surface area (Å²) in [5.74, 6) is -1.05. The highest BCUT2D eigenvalue weighted by Crippen LogP contribution is 2.18. The molecule has 124 valence electrons. The number of nitrogens with one attached hydrogen (secondary N) is 2. The average Bonchev–Trinajstić information content (AvgIpc) is 2.91. The Morgan fingerprint density at radius 2 is 2.00 bits per heavy atom. The average molecular weight is 338 g/mol. The largest absolute Gasteiger partial charge is 0.463 e. The molecule has 0 fully saturated rings. The van der Waals surface area contributed by atoms with Gasteiger partial charge in [-0.1, -0.05) is 0 Å². The molecule has 1 aliphatic rings. The standard InChI is InChI=1S/C15H18N2O5S/c1-4-21-14(19)12-9(3)16-15(20)17-10(12)7-22-13(18)11-6-5-8(2)23-11/h5-6,9H,4,7H2,1-3H3,(H2,16,17,20)/t9-/m1/s1. The molecule has 2 rings (SSSR count). The summed E-state index contributed by atoms with van der Waals surface area (Å²) in [5.41, 5.74) is 0.489. The highest BCUT2D eigenvalue weighted by Gasteiger charge is 2.30. The number of hydrogen-bond donors (Lipinski definition) is 2. The molecule has 2 heterocycles. The first-order chi connectivity index (χ1) is 10.9. The van der Waals surface area contributed by atoms with Crippen molar-refractivity contribution in [3.8, 4) is 0 Å². The third-order valence-corrected chi connectivity index (χ3v) is 4.14. The van der Waals surface area contributed by atoms with Gasteiger partial charge in [-0.3, -0.25) is 0 Å². The lowest BCUT2D eigenvalue weighted by Gasteiger charge is -2.26. The maximum absolute atomic E-state index is 12.0. The molecule has 0 unspecified atom stereocenters. The molecule has 1 aromatic heterocycles. The first-order valence-corrected chi connectivity index (χ1v) is 7.95. The highest BCUT2D eigenvalue weighted by molar-refractivity contribution is 7.13. The topological polar surface area (TPSA) is 93.7 Å². The van der Waals surface area contributed by atoms with Gasteiger partial charge >= 0.3 is 18.0 Å². The summed E-state index contributed by atoms with van der Waals surface area (Å²) in [5, 5.41) is 5.08. The van der Waals surface area contributed by atoms with E-state index in [-0.39, 0.29) is 24.5 Å². The zero-order chi connectivity index (χ0) is 17.0. The smallest absolute Gasteiger partial charge is 0.348 e. The third kappa shape index (κ3) is 4.10. The second-order valence-corrected chi connectivity index (χ2v) is 6.21. The second-order valence-electron chi connectivity index (χ2n) is 4.92. The quantitative estimate of drug-likeness (QED) is 0.798. The summed E-state index contributed by atoms with van der Waals surface area (Å²) in [6.45, 7) is 5.25. The Bertz CT molecular complexity index is 665. The van der Waals surface area contributed by atoms with Crippen LogP contribution < -0.4 is 10.6 Å². The Hall–Kier alpha value is -2.35. The van der Waals surface area contributed by atoms with Crippen molar-refractivity contribution in [3.05, 3.63) is 33.2 Å². The predicted molar refractivity (Wildman–Crippen MR) is 84.1 cm³/mol. The summed E-state index contributed by atoms with van der Waals surface area (Å²) in [7, 11) is 0. The van der Waals surface area contributed by atoms with Crippen LogP contribution in [0.3, 0.4) is 0 Å². The fraction of sp³-hybridized carbons (Fsp3) is 0.400. The Kier molecular flexibility index (Phi) is 5.38. The minimum Gasteiger partial charge on any atom is -0.463 e. The van der Waals surface area contributed by atoms with Gasteiger partial charge in [-0.2, -0.15) is 0 Å². The van der Waals surface area contributed by atoms with Gasteiger partial charge in [-0.15, -0.1) is 11.3 Å². The number of hydrogen-bond acceptors (Lipinski definition) is 6. The summed E-state index contributed by atoms with van der Waals surface area (Å²) < 4.78 is 10.2. The van der Waals surface area contributed by atoms with Gasteiger partial charge in [-0.05, 0) is 32.9 Å². The molecule has 0 spiro atoms. The first-order valence-electron chi connectivity index (χ1n) is 7.13. The molecule has 7 nitrogen and oxygen atoms in total. The van der Waals surface area contributed by atoms with E-state index >= 15 is 0 Å². The van der Waals surface area contributed by atoms with Crippen molar-refractivity contribution in [2.45, 2.75) is 26.8 Å². The number of esters is 2. The fourth-order valence-corrected chi connectivity index (χ4v) is 2.91. The molecule has 0 aromatic carbocycles. The Morgan fingerprint density at radius 3 is 2.61 bits per heavy atom. The van der Waals surface area contributed by atoms with Gasteiger partial charge in [0.15, 0.2) is 0 Å². The number of thiophene rings is 1. The van der Waals surface area contributed by atoms with Crippen molar-refractivity contribution in [1.82, 2.24) is 10.6 Å². The molecule has 8 heteroatoms. The van der Waals surface area contributed by atoms with E-state index in [0.717, 1.165) is 4.88 Å². The predicted octanol–water partition coefficient (Wildman–Crippen LogP) is 1.73. The minimum absolute atomic E-state index is 0.207. The van der Waals surface area contributed by atoms with Gasteiger partial charge < -0.3 is 20.1 Å². The molecule has 1 aliphatic heterocycles. The lowest BCUT2D eigenvalue weighted by atomic mass is 10.0. The first kappa shape index (κ1) is 17.0. The normalized spacial score (nSPS) is 17.3. The lowest BCUT2D eigenvalue weighted by molar-refractivity contribution is -0.139. The summed E-state index contributed by atoms with van der Waals surface area (Å²) >= 11 is 1.32. The SMILES string of the molecule is CCOC(=O)C1=C(COC(=O)c2ccc(C)s2)NC(=O)N[C@@H]1C. The fourth-order valence-electron chi connectivity index (χ4n) is 2.15. The molecule has 2 N–H and O–H groups in total. The van der Waals surface area contributed by atoms with Gasteiger partial charge in [0.2, 0.25) is 0 Å². The molecule has 1 aromatic rings. The maximum atomic E-state index is 12.0. The number of rotatable bonds is 5. The Labute approximate surface area is 137 Å². The Balaban J connectivity index is 2.15. The van der Waals surface area contributed by atoms with Gasteiger partial charge in [-0.25, -0.2) is 14.4 Å². The van der Waals surface area contributed by atoms with Crippen molar-refractivity contribution in [1.29, 1.82) is 0 Å². The number of urea groups is 1.